The highest BCUT2D eigenvalue weighted by Crippen LogP contribution is 2.46. The van der Waals surface area contributed by atoms with Crippen molar-refractivity contribution in [2.45, 2.75) is 0 Å². The van der Waals surface area contributed by atoms with E-state index in [1.807, 2.05) is 0 Å². The Morgan fingerprint density at radius 2 is 0.653 bits per heavy atom. The summed E-state index contributed by atoms with van der Waals surface area (Å²) in [6.45, 7) is 0. The molecule has 0 spiro atoms. The Morgan fingerprint density at radius 1 is 0.245 bits per heavy atom. The smallest absolute Gasteiger partial charge is 0.143 e. The second-order valence-corrected chi connectivity index (χ2v) is 12.8. The van der Waals surface area contributed by atoms with Gasteiger partial charge >= 0.3 is 0 Å². The quantitative estimate of drug-likeness (QED) is 0.178. The lowest BCUT2D eigenvalue weighted by atomic mass is 9.84. The first-order chi connectivity index (χ1) is 24.3. The highest BCUT2D eigenvalue weighted by atomic mass is 16.3. The maximum Gasteiger partial charge on any atom is 0.143 e. The number of fused-ring (bicyclic) bond motifs is 6. The number of hydrogen-bond donors (Lipinski definition) is 0. The Hall–Kier alpha value is -6.44. The topological polar surface area (TPSA) is 13.1 Å². The molecule has 0 saturated heterocycles. The van der Waals surface area contributed by atoms with Crippen molar-refractivity contribution in [3.8, 4) is 44.5 Å². The normalized spacial score (nSPS) is 11.7. The van der Waals surface area contributed by atoms with Crippen LogP contribution in [0.1, 0.15) is 0 Å². The first-order valence-corrected chi connectivity index (χ1v) is 16.9. The lowest BCUT2D eigenvalue weighted by Crippen LogP contribution is -1.91. The maximum atomic E-state index is 6.74. The molecule has 1 heterocycles. The minimum Gasteiger partial charge on any atom is -0.455 e. The first-order valence-electron chi connectivity index (χ1n) is 16.9. The van der Waals surface area contributed by atoms with Gasteiger partial charge in [-0.2, -0.15) is 0 Å². The Bertz CT molecular complexity index is 2790. The fourth-order valence-electron chi connectivity index (χ4n) is 7.88. The van der Waals surface area contributed by atoms with Crippen LogP contribution in [0.2, 0.25) is 0 Å². The fourth-order valence-corrected chi connectivity index (χ4v) is 7.88. The van der Waals surface area contributed by atoms with Crippen LogP contribution >= 0.6 is 0 Å². The van der Waals surface area contributed by atoms with E-state index in [-0.39, 0.29) is 0 Å². The van der Waals surface area contributed by atoms with E-state index >= 15 is 0 Å². The molecule has 9 aromatic carbocycles. The Labute approximate surface area is 284 Å². The zero-order chi connectivity index (χ0) is 32.3. The van der Waals surface area contributed by atoms with Crippen LogP contribution in [-0.4, -0.2) is 0 Å². The van der Waals surface area contributed by atoms with Crippen molar-refractivity contribution in [3.05, 3.63) is 182 Å². The molecule has 0 radical (unpaired) electrons. The van der Waals surface area contributed by atoms with Gasteiger partial charge in [-0.3, -0.25) is 0 Å². The average molecular weight is 623 g/mol. The summed E-state index contributed by atoms with van der Waals surface area (Å²) in [6.07, 6.45) is 0. The van der Waals surface area contributed by atoms with E-state index in [9.17, 15) is 0 Å². The van der Waals surface area contributed by atoms with Crippen molar-refractivity contribution in [1.82, 2.24) is 0 Å². The molecule has 1 aromatic heterocycles. The maximum absolute atomic E-state index is 6.74. The van der Waals surface area contributed by atoms with Crippen LogP contribution in [0.4, 0.5) is 0 Å². The standard InChI is InChI=1S/C48H30O/c1-2-13-32(14-3-1)36-22-11-25-43-44-26-12-23-37(48(44)49-47(36)43)33-27-29-34(30-28-33)45-39-18-6-8-20-41(39)46(42-21-9-7-19-40(42)45)38-24-10-16-31-15-4-5-17-35(31)38/h1-30H. The van der Waals surface area contributed by atoms with Crippen LogP contribution in [0.25, 0.3) is 98.8 Å². The van der Waals surface area contributed by atoms with Crippen LogP contribution in [0.5, 0.6) is 0 Å². The number of rotatable bonds is 4. The van der Waals surface area contributed by atoms with E-state index in [1.165, 1.54) is 54.6 Å². The van der Waals surface area contributed by atoms with Gasteiger partial charge in [-0.15, -0.1) is 0 Å². The molecule has 49 heavy (non-hydrogen) atoms. The third-order valence-corrected chi connectivity index (χ3v) is 10.1. The Kier molecular flexibility index (Phi) is 6.25. The summed E-state index contributed by atoms with van der Waals surface area (Å²) < 4.78 is 6.74. The van der Waals surface area contributed by atoms with Crippen LogP contribution in [0.3, 0.4) is 0 Å². The lowest BCUT2D eigenvalue weighted by molar-refractivity contribution is 0.671. The number of furan rings is 1. The molecule has 1 nitrogen and oxygen atoms in total. The van der Waals surface area contributed by atoms with E-state index in [0.29, 0.717) is 0 Å². The second-order valence-electron chi connectivity index (χ2n) is 12.8. The highest BCUT2D eigenvalue weighted by Gasteiger charge is 2.19. The molecule has 0 N–H and O–H groups in total. The molecule has 0 saturated carbocycles. The van der Waals surface area contributed by atoms with Gasteiger partial charge in [-0.05, 0) is 65.7 Å². The minimum atomic E-state index is 0.920. The van der Waals surface area contributed by atoms with Gasteiger partial charge in [0.15, 0.2) is 0 Å². The van der Waals surface area contributed by atoms with E-state index in [2.05, 4.69) is 182 Å². The van der Waals surface area contributed by atoms with Crippen molar-refractivity contribution in [1.29, 1.82) is 0 Å². The van der Waals surface area contributed by atoms with Crippen molar-refractivity contribution < 1.29 is 4.42 Å². The van der Waals surface area contributed by atoms with Crippen LogP contribution in [0.15, 0.2) is 186 Å². The molecule has 0 bridgehead atoms. The average Bonchev–Trinajstić information content (AvgIpc) is 3.57. The van der Waals surface area contributed by atoms with Gasteiger partial charge in [0.05, 0.1) is 0 Å². The van der Waals surface area contributed by atoms with E-state index in [4.69, 9.17) is 4.42 Å². The predicted octanol–water partition coefficient (Wildman–Crippen LogP) is 13.7. The van der Waals surface area contributed by atoms with Crippen molar-refractivity contribution in [2.24, 2.45) is 0 Å². The van der Waals surface area contributed by atoms with Crippen molar-refractivity contribution in [3.63, 3.8) is 0 Å². The van der Waals surface area contributed by atoms with E-state index in [0.717, 1.165) is 44.2 Å². The van der Waals surface area contributed by atoms with Gasteiger partial charge < -0.3 is 4.42 Å². The van der Waals surface area contributed by atoms with Crippen LogP contribution in [-0.2, 0) is 0 Å². The Morgan fingerprint density at radius 3 is 1.27 bits per heavy atom. The molecule has 0 atom stereocenters. The molecule has 0 aliphatic rings. The summed E-state index contributed by atoms with van der Waals surface area (Å²) in [6, 6.07) is 65.6. The van der Waals surface area contributed by atoms with Gasteiger partial charge in [-0.1, -0.05) is 182 Å². The number of hydrogen-bond acceptors (Lipinski definition) is 1. The largest absolute Gasteiger partial charge is 0.455 e. The van der Waals surface area contributed by atoms with Gasteiger partial charge in [-0.25, -0.2) is 0 Å². The molecule has 0 fully saturated rings. The van der Waals surface area contributed by atoms with Crippen LogP contribution < -0.4 is 0 Å². The number of benzene rings is 9. The Balaban J connectivity index is 1.16. The molecule has 1 heteroatoms. The zero-order valence-corrected chi connectivity index (χ0v) is 26.7. The molecule has 0 aliphatic carbocycles. The van der Waals surface area contributed by atoms with Gasteiger partial charge in [0.2, 0.25) is 0 Å². The molecule has 10 rings (SSSR count). The monoisotopic (exact) mass is 622 g/mol. The summed E-state index contributed by atoms with van der Waals surface area (Å²) in [5.74, 6) is 0. The summed E-state index contributed by atoms with van der Waals surface area (Å²) in [4.78, 5) is 0. The molecule has 10 aromatic rings. The molecular weight excluding hydrogens is 593 g/mol. The zero-order valence-electron chi connectivity index (χ0n) is 26.7. The molecule has 0 unspecified atom stereocenters. The van der Waals surface area contributed by atoms with Gasteiger partial charge in [0, 0.05) is 21.9 Å². The number of para-hydroxylation sites is 2. The van der Waals surface area contributed by atoms with Crippen molar-refractivity contribution >= 4 is 54.3 Å². The minimum absolute atomic E-state index is 0.920. The highest BCUT2D eigenvalue weighted by molar-refractivity contribution is 6.23. The predicted molar refractivity (Wildman–Crippen MR) is 208 cm³/mol. The summed E-state index contributed by atoms with van der Waals surface area (Å²) in [5, 5.41) is 9.83. The van der Waals surface area contributed by atoms with E-state index < -0.39 is 0 Å². The third kappa shape index (κ3) is 4.33. The van der Waals surface area contributed by atoms with Crippen LogP contribution in [0, 0.1) is 0 Å². The first kappa shape index (κ1) is 27.7. The lowest BCUT2D eigenvalue weighted by Gasteiger charge is -2.19. The SMILES string of the molecule is c1ccc(-c2cccc3c2oc2c(-c4ccc(-c5c6ccccc6c(-c6cccc7ccccc67)c6ccccc56)cc4)cccc23)cc1. The van der Waals surface area contributed by atoms with E-state index in [1.54, 1.807) is 0 Å². The van der Waals surface area contributed by atoms with Crippen molar-refractivity contribution in [2.75, 3.05) is 0 Å². The second kappa shape index (κ2) is 11.1. The molecule has 0 amide bonds. The summed E-state index contributed by atoms with van der Waals surface area (Å²) >= 11 is 0. The van der Waals surface area contributed by atoms with Gasteiger partial charge in [0.1, 0.15) is 11.2 Å². The summed E-state index contributed by atoms with van der Waals surface area (Å²) in [7, 11) is 0. The third-order valence-electron chi connectivity index (χ3n) is 10.1. The molecule has 0 aliphatic heterocycles. The molecule has 228 valence electrons. The molecular formula is C48H30O. The van der Waals surface area contributed by atoms with Gasteiger partial charge in [0.25, 0.3) is 0 Å². The summed E-state index contributed by atoms with van der Waals surface area (Å²) in [5.41, 5.74) is 11.4. The fraction of sp³-hybridized carbons (Fsp3) is 0.